The third-order valence-electron chi connectivity index (χ3n) is 1.29. The minimum atomic E-state index is -0.872. The molecule has 0 aliphatic rings. The molecule has 0 aromatic rings. The maximum atomic E-state index is 10.8. The fourth-order valence-corrected chi connectivity index (χ4v) is 0.746. The minimum Gasteiger partial charge on any atom is -0.466 e. The van der Waals surface area contributed by atoms with Gasteiger partial charge in [-0.15, -0.1) is 0 Å². The van der Waals surface area contributed by atoms with E-state index in [0.717, 1.165) is 0 Å². The van der Waals surface area contributed by atoms with E-state index in [-0.39, 0.29) is 18.9 Å². The summed E-state index contributed by atoms with van der Waals surface area (Å²) in [5, 5.41) is 11.6. The maximum Gasteiger partial charge on any atom is 0.308 e. The lowest BCUT2D eigenvalue weighted by Gasteiger charge is -2.09. The monoisotopic (exact) mass is 189 g/mol. The molecule has 0 bridgehead atoms. The number of aliphatic hydroxyl groups excluding tert-OH is 1. The number of amides is 1. The molecule has 0 aromatic heterocycles. The summed E-state index contributed by atoms with van der Waals surface area (Å²) < 4.78 is 4.61. The van der Waals surface area contributed by atoms with Crippen LogP contribution in [-0.4, -0.2) is 36.2 Å². The highest BCUT2D eigenvalue weighted by atomic mass is 16.5. The van der Waals surface area contributed by atoms with E-state index in [9.17, 15) is 14.7 Å². The molecule has 0 fully saturated rings. The van der Waals surface area contributed by atoms with Crippen LogP contribution in [-0.2, 0) is 14.3 Å². The van der Waals surface area contributed by atoms with Crippen molar-refractivity contribution >= 4 is 11.9 Å². The van der Waals surface area contributed by atoms with Gasteiger partial charge in [0.1, 0.15) is 0 Å². The second kappa shape index (κ2) is 6.42. The van der Waals surface area contributed by atoms with Crippen LogP contribution >= 0.6 is 0 Å². The summed E-state index contributed by atoms with van der Waals surface area (Å²) in [5.74, 6) is -0.691. The van der Waals surface area contributed by atoms with Crippen LogP contribution in [0.15, 0.2) is 0 Å². The smallest absolute Gasteiger partial charge is 0.308 e. The first-order valence-corrected chi connectivity index (χ1v) is 4.14. The summed E-state index contributed by atoms with van der Waals surface area (Å²) >= 11 is 0. The summed E-state index contributed by atoms with van der Waals surface area (Å²) in [6.45, 7) is 3.41. The molecule has 13 heavy (non-hydrogen) atoms. The molecular weight excluding hydrogens is 174 g/mol. The van der Waals surface area contributed by atoms with E-state index in [1.807, 2.05) is 0 Å². The van der Waals surface area contributed by atoms with Gasteiger partial charge >= 0.3 is 5.97 Å². The molecule has 0 radical (unpaired) electrons. The van der Waals surface area contributed by atoms with Gasteiger partial charge in [0.05, 0.1) is 19.1 Å². The van der Waals surface area contributed by atoms with Crippen LogP contribution in [0.3, 0.4) is 0 Å². The fraction of sp³-hybridized carbons (Fsp3) is 0.750. The highest BCUT2D eigenvalue weighted by molar-refractivity contribution is 5.73. The third kappa shape index (κ3) is 7.27. The van der Waals surface area contributed by atoms with Crippen molar-refractivity contribution < 1.29 is 19.4 Å². The molecule has 0 aliphatic heterocycles. The summed E-state index contributed by atoms with van der Waals surface area (Å²) in [4.78, 5) is 21.2. The molecule has 0 heterocycles. The molecule has 0 saturated heterocycles. The van der Waals surface area contributed by atoms with Crippen molar-refractivity contribution in [3.63, 3.8) is 0 Å². The largest absolute Gasteiger partial charge is 0.466 e. The van der Waals surface area contributed by atoms with E-state index < -0.39 is 12.1 Å². The standard InChI is InChI=1S/C8H15NO4/c1-3-13-8(12)4-7(11)5-9-6(2)10/h7,11H,3-5H2,1-2H3,(H,9,10)/t7-/m1/s1. The fourth-order valence-electron chi connectivity index (χ4n) is 0.746. The quantitative estimate of drug-likeness (QED) is 0.568. The third-order valence-corrected chi connectivity index (χ3v) is 1.29. The average molecular weight is 189 g/mol. The number of rotatable bonds is 5. The lowest BCUT2D eigenvalue weighted by molar-refractivity contribution is -0.145. The molecule has 0 aliphatic carbocycles. The van der Waals surface area contributed by atoms with Crippen molar-refractivity contribution in [3.05, 3.63) is 0 Å². The normalized spacial score (nSPS) is 11.9. The summed E-state index contributed by atoms with van der Waals surface area (Å²) in [6, 6.07) is 0. The summed E-state index contributed by atoms with van der Waals surface area (Å²) in [6.07, 6.45) is -0.961. The zero-order chi connectivity index (χ0) is 10.3. The van der Waals surface area contributed by atoms with Gasteiger partial charge in [-0.25, -0.2) is 0 Å². The van der Waals surface area contributed by atoms with Crippen molar-refractivity contribution in [3.8, 4) is 0 Å². The number of aliphatic hydroxyl groups is 1. The van der Waals surface area contributed by atoms with E-state index in [4.69, 9.17) is 0 Å². The topological polar surface area (TPSA) is 75.6 Å². The van der Waals surface area contributed by atoms with Crippen LogP contribution in [0.4, 0.5) is 0 Å². The van der Waals surface area contributed by atoms with Crippen molar-refractivity contribution in [2.45, 2.75) is 26.4 Å². The Bertz CT molecular complexity index is 181. The van der Waals surface area contributed by atoms with Gasteiger partial charge in [-0.1, -0.05) is 0 Å². The molecule has 2 N–H and O–H groups in total. The van der Waals surface area contributed by atoms with E-state index in [0.29, 0.717) is 6.61 Å². The second-order valence-corrected chi connectivity index (χ2v) is 2.60. The van der Waals surface area contributed by atoms with Gasteiger partial charge in [-0.05, 0) is 6.92 Å². The predicted molar refractivity (Wildman–Crippen MR) is 45.9 cm³/mol. The van der Waals surface area contributed by atoms with Gasteiger partial charge in [0.2, 0.25) is 5.91 Å². The molecule has 5 heteroatoms. The first-order chi connectivity index (χ1) is 6.06. The Balaban J connectivity index is 3.55. The Morgan fingerprint density at radius 3 is 2.62 bits per heavy atom. The van der Waals surface area contributed by atoms with Crippen molar-refractivity contribution in [1.29, 1.82) is 0 Å². The van der Waals surface area contributed by atoms with Gasteiger partial charge < -0.3 is 15.2 Å². The number of esters is 1. The molecular formula is C8H15NO4. The molecule has 1 amide bonds. The highest BCUT2D eigenvalue weighted by Crippen LogP contribution is 1.93. The Kier molecular flexibility index (Phi) is 5.88. The zero-order valence-corrected chi connectivity index (χ0v) is 7.87. The lowest BCUT2D eigenvalue weighted by Crippen LogP contribution is -2.32. The van der Waals surface area contributed by atoms with Crippen molar-refractivity contribution in [1.82, 2.24) is 5.32 Å². The molecule has 0 aromatic carbocycles. The number of hydrogen-bond donors (Lipinski definition) is 2. The molecule has 0 spiro atoms. The van der Waals surface area contributed by atoms with Crippen LogP contribution in [0, 0.1) is 0 Å². The highest BCUT2D eigenvalue weighted by Gasteiger charge is 2.11. The van der Waals surface area contributed by atoms with E-state index >= 15 is 0 Å². The first kappa shape index (κ1) is 11.9. The van der Waals surface area contributed by atoms with Crippen molar-refractivity contribution in [2.75, 3.05) is 13.2 Å². The van der Waals surface area contributed by atoms with Crippen molar-refractivity contribution in [2.24, 2.45) is 0 Å². The van der Waals surface area contributed by atoms with E-state index in [2.05, 4.69) is 10.1 Å². The lowest BCUT2D eigenvalue weighted by atomic mass is 10.2. The Hall–Kier alpha value is -1.10. The maximum absolute atomic E-state index is 10.8. The van der Waals surface area contributed by atoms with E-state index in [1.54, 1.807) is 6.92 Å². The predicted octanol–water partition coefficient (Wildman–Crippen LogP) is -0.563. The summed E-state index contributed by atoms with van der Waals surface area (Å²) in [5.41, 5.74) is 0. The SMILES string of the molecule is CCOC(=O)C[C@@H](O)CNC(C)=O. The number of hydrogen-bond acceptors (Lipinski definition) is 4. The molecule has 1 atom stereocenters. The van der Waals surface area contributed by atoms with Gasteiger partial charge in [-0.3, -0.25) is 9.59 Å². The Morgan fingerprint density at radius 2 is 2.15 bits per heavy atom. The van der Waals surface area contributed by atoms with Crippen LogP contribution in [0.25, 0.3) is 0 Å². The van der Waals surface area contributed by atoms with Crippen LogP contribution < -0.4 is 5.32 Å². The molecule has 0 unspecified atom stereocenters. The average Bonchev–Trinajstić information content (AvgIpc) is 2.01. The molecule has 0 saturated carbocycles. The van der Waals surface area contributed by atoms with Crippen LogP contribution in [0.2, 0.25) is 0 Å². The minimum absolute atomic E-state index is 0.0775. The summed E-state index contributed by atoms with van der Waals surface area (Å²) in [7, 11) is 0. The second-order valence-electron chi connectivity index (χ2n) is 2.60. The Labute approximate surface area is 77.1 Å². The van der Waals surface area contributed by atoms with Gasteiger partial charge in [0.25, 0.3) is 0 Å². The zero-order valence-electron chi connectivity index (χ0n) is 7.87. The van der Waals surface area contributed by atoms with Crippen LogP contribution in [0.1, 0.15) is 20.3 Å². The first-order valence-electron chi connectivity index (χ1n) is 4.14. The molecule has 0 rings (SSSR count). The number of carbonyl (C=O) groups excluding carboxylic acids is 2. The molecule has 5 nitrogen and oxygen atoms in total. The van der Waals surface area contributed by atoms with Gasteiger partial charge in [0, 0.05) is 13.5 Å². The van der Waals surface area contributed by atoms with Gasteiger partial charge in [0.15, 0.2) is 0 Å². The number of nitrogens with one attached hydrogen (secondary N) is 1. The van der Waals surface area contributed by atoms with Crippen LogP contribution in [0.5, 0.6) is 0 Å². The molecule has 76 valence electrons. The number of ether oxygens (including phenoxy) is 1. The number of carbonyl (C=O) groups is 2. The van der Waals surface area contributed by atoms with E-state index in [1.165, 1.54) is 6.92 Å². The Morgan fingerprint density at radius 1 is 1.54 bits per heavy atom. The van der Waals surface area contributed by atoms with Gasteiger partial charge in [-0.2, -0.15) is 0 Å².